The molecule has 5 heterocycles. The van der Waals surface area contributed by atoms with E-state index >= 15 is 0 Å². The molecule has 6 atom stereocenters. The predicted octanol–water partition coefficient (Wildman–Crippen LogP) is 1.50. The van der Waals surface area contributed by atoms with Crippen LogP contribution in [0.15, 0.2) is 35.4 Å². The van der Waals surface area contributed by atoms with Gasteiger partial charge in [0.2, 0.25) is 11.8 Å². The summed E-state index contributed by atoms with van der Waals surface area (Å²) in [6.45, 7) is 16.3. The summed E-state index contributed by atoms with van der Waals surface area (Å²) in [5.41, 5.74) is 7.67. The Morgan fingerprint density at radius 1 is 0.953 bits per heavy atom. The smallest absolute Gasteiger partial charge is 0.250 e. The van der Waals surface area contributed by atoms with Crippen LogP contribution in [-0.2, 0) is 23.9 Å². The number of hydrogen-bond donors (Lipinski definition) is 2. The lowest BCUT2D eigenvalue weighted by Gasteiger charge is -2.36. The van der Waals surface area contributed by atoms with Crippen molar-refractivity contribution in [3.05, 3.63) is 35.4 Å². The first kappa shape index (κ1) is 31.1. The van der Waals surface area contributed by atoms with Gasteiger partial charge in [0.05, 0.1) is 30.2 Å². The molecule has 3 N–H and O–H groups in total. The third kappa shape index (κ3) is 6.18. The van der Waals surface area contributed by atoms with Crippen molar-refractivity contribution in [2.45, 2.75) is 110 Å². The minimum absolute atomic E-state index is 0.0715. The summed E-state index contributed by atoms with van der Waals surface area (Å²) in [4.78, 5) is 60.7. The fraction of sp³-hybridized carbons (Fsp3) is 0.688. The molecule has 5 aliphatic heterocycles. The van der Waals surface area contributed by atoms with E-state index in [2.05, 4.69) is 15.1 Å². The van der Waals surface area contributed by atoms with Crippen LogP contribution < -0.4 is 11.1 Å². The third-order valence-corrected chi connectivity index (χ3v) is 9.14. The van der Waals surface area contributed by atoms with Crippen LogP contribution in [0.4, 0.5) is 0 Å². The van der Waals surface area contributed by atoms with Gasteiger partial charge >= 0.3 is 0 Å². The molecule has 2 fully saturated rings. The lowest BCUT2D eigenvalue weighted by atomic mass is 9.94. The van der Waals surface area contributed by atoms with Gasteiger partial charge in [-0.1, -0.05) is 13.8 Å². The molecule has 0 aromatic carbocycles. The summed E-state index contributed by atoms with van der Waals surface area (Å²) in [7, 11) is 0. The Bertz CT molecular complexity index is 1270. The van der Waals surface area contributed by atoms with Crippen molar-refractivity contribution >= 4 is 23.5 Å². The molecule has 5 rings (SSSR count). The van der Waals surface area contributed by atoms with Crippen LogP contribution in [0.1, 0.15) is 67.7 Å². The number of ketones is 1. The number of nitrogens with two attached hydrogens (primary N) is 1. The number of Topliss-reactive ketones (excluding diaryl/α,β-unsaturated/α-hetero) is 1. The van der Waals surface area contributed by atoms with Gasteiger partial charge in [0.25, 0.3) is 5.91 Å². The van der Waals surface area contributed by atoms with E-state index in [0.29, 0.717) is 50.5 Å². The normalized spacial score (nSPS) is 30.4. The van der Waals surface area contributed by atoms with Crippen molar-refractivity contribution in [2.75, 3.05) is 26.2 Å². The van der Waals surface area contributed by atoms with Crippen LogP contribution in [0.5, 0.6) is 0 Å². The highest BCUT2D eigenvalue weighted by Gasteiger charge is 2.49. The van der Waals surface area contributed by atoms with Gasteiger partial charge in [-0.2, -0.15) is 0 Å². The maximum absolute atomic E-state index is 14.1. The molecule has 11 heteroatoms. The molecule has 2 saturated heterocycles. The fourth-order valence-electron chi connectivity index (χ4n) is 7.28. The number of carbonyl (C=O) groups is 4. The molecule has 43 heavy (non-hydrogen) atoms. The van der Waals surface area contributed by atoms with Gasteiger partial charge in [0.1, 0.15) is 17.4 Å². The lowest BCUT2D eigenvalue weighted by molar-refractivity contribution is -0.136. The second-order valence-corrected chi connectivity index (χ2v) is 14.1. The summed E-state index contributed by atoms with van der Waals surface area (Å²) in [5, 5.41) is 2.91. The van der Waals surface area contributed by atoms with E-state index in [1.165, 1.54) is 0 Å². The number of nitrogens with zero attached hydrogens (tertiary/aromatic N) is 4. The summed E-state index contributed by atoms with van der Waals surface area (Å²) < 4.78 is 6.08. The molecule has 0 aliphatic carbocycles. The van der Waals surface area contributed by atoms with Crippen molar-refractivity contribution in [3.8, 4) is 0 Å². The molecular formula is C32H48N6O5. The SMILES string of the molecule is CC(C)C[C@H](N)C(=O)C1C(N2CCC(N3C(=O)C=C(OC(C)(C)C)C3C)C2)=CC(=O)N1C1CCN(C2=CC(=O)NC2C)C1. The van der Waals surface area contributed by atoms with Crippen molar-refractivity contribution in [1.82, 2.24) is 24.9 Å². The Labute approximate surface area is 255 Å². The maximum Gasteiger partial charge on any atom is 0.250 e. The van der Waals surface area contributed by atoms with E-state index in [1.807, 2.05) is 53.4 Å². The molecule has 0 bridgehead atoms. The van der Waals surface area contributed by atoms with Gasteiger partial charge in [-0.25, -0.2) is 0 Å². The minimum atomic E-state index is -0.774. The van der Waals surface area contributed by atoms with E-state index < -0.39 is 17.7 Å². The number of ether oxygens (including phenoxy) is 1. The Kier molecular flexibility index (Phi) is 8.41. The maximum atomic E-state index is 14.1. The van der Waals surface area contributed by atoms with E-state index in [4.69, 9.17) is 10.5 Å². The molecule has 5 unspecified atom stereocenters. The van der Waals surface area contributed by atoms with Crippen molar-refractivity contribution in [2.24, 2.45) is 11.7 Å². The van der Waals surface area contributed by atoms with E-state index in [0.717, 1.165) is 12.1 Å². The van der Waals surface area contributed by atoms with Crippen LogP contribution >= 0.6 is 0 Å². The largest absolute Gasteiger partial charge is 0.490 e. The number of amides is 3. The highest BCUT2D eigenvalue weighted by atomic mass is 16.5. The number of nitrogens with one attached hydrogen (secondary N) is 1. The summed E-state index contributed by atoms with van der Waals surface area (Å²) in [6.07, 6.45) is 6.78. The summed E-state index contributed by atoms with van der Waals surface area (Å²) in [6, 6.07) is -2.02. The van der Waals surface area contributed by atoms with Crippen molar-refractivity contribution < 1.29 is 23.9 Å². The first-order chi connectivity index (χ1) is 20.1. The third-order valence-electron chi connectivity index (χ3n) is 9.14. The van der Waals surface area contributed by atoms with Gasteiger partial charge in [0, 0.05) is 55.8 Å². The average molecular weight is 597 g/mol. The Morgan fingerprint density at radius 2 is 1.53 bits per heavy atom. The van der Waals surface area contributed by atoms with Crippen molar-refractivity contribution in [1.29, 1.82) is 0 Å². The first-order valence-corrected chi connectivity index (χ1v) is 15.7. The zero-order valence-electron chi connectivity index (χ0n) is 26.6. The zero-order chi connectivity index (χ0) is 31.4. The summed E-state index contributed by atoms with van der Waals surface area (Å²) in [5.74, 6) is 0.386. The Balaban J connectivity index is 1.35. The standard InChI is InChI=1S/C32H48N6O5/c1-18(2)12-23(33)31(42)30-25(14-28(40)38(30)22-9-10-35(17-22)24-13-27(39)34-19(24)3)36-11-8-21(16-36)37-20(4)26(15-29(37)41)43-32(5,6)7/h13-15,18-23,30H,8-12,16-17,33H2,1-7H3,(H,34,39)/t19?,20?,21?,22?,23-,30?/m0/s1. The van der Waals surface area contributed by atoms with Crippen LogP contribution in [0.25, 0.3) is 0 Å². The molecule has 0 saturated carbocycles. The van der Waals surface area contributed by atoms with Crippen LogP contribution in [0.3, 0.4) is 0 Å². The van der Waals surface area contributed by atoms with Gasteiger partial charge in [-0.05, 0) is 59.8 Å². The quantitative estimate of drug-likeness (QED) is 0.410. The minimum Gasteiger partial charge on any atom is -0.490 e. The highest BCUT2D eigenvalue weighted by Crippen LogP contribution is 2.36. The number of likely N-dealkylation sites (tertiary alicyclic amines) is 2. The molecule has 0 aromatic heterocycles. The number of carbonyl (C=O) groups excluding carboxylic acids is 4. The van der Waals surface area contributed by atoms with Gasteiger partial charge in [-0.15, -0.1) is 0 Å². The van der Waals surface area contributed by atoms with Crippen LogP contribution in [0, 0.1) is 5.92 Å². The molecule has 3 amide bonds. The monoisotopic (exact) mass is 596 g/mol. The molecular weight excluding hydrogens is 548 g/mol. The number of rotatable bonds is 9. The zero-order valence-corrected chi connectivity index (χ0v) is 26.6. The molecule has 11 nitrogen and oxygen atoms in total. The van der Waals surface area contributed by atoms with Crippen LogP contribution in [-0.4, -0.2) is 111 Å². The molecule has 5 aliphatic rings. The molecule has 0 spiro atoms. The second kappa shape index (κ2) is 11.6. The van der Waals surface area contributed by atoms with Gasteiger partial charge < -0.3 is 35.4 Å². The first-order valence-electron chi connectivity index (χ1n) is 15.7. The van der Waals surface area contributed by atoms with E-state index in [1.54, 1.807) is 23.1 Å². The average Bonchev–Trinajstić information content (AvgIpc) is 3.70. The molecule has 0 aromatic rings. The Morgan fingerprint density at radius 3 is 2.09 bits per heavy atom. The topological polar surface area (TPSA) is 129 Å². The molecule has 0 radical (unpaired) electrons. The van der Waals surface area contributed by atoms with Gasteiger partial charge in [0.15, 0.2) is 5.78 Å². The highest BCUT2D eigenvalue weighted by molar-refractivity contribution is 6.02. The van der Waals surface area contributed by atoms with Gasteiger partial charge in [-0.3, -0.25) is 19.2 Å². The Hall–Kier alpha value is -3.34. The summed E-state index contributed by atoms with van der Waals surface area (Å²) >= 11 is 0. The fourth-order valence-corrected chi connectivity index (χ4v) is 7.28. The molecule has 236 valence electrons. The number of hydrogen-bond acceptors (Lipinski definition) is 8. The lowest BCUT2D eigenvalue weighted by Crippen LogP contribution is -2.54. The predicted molar refractivity (Wildman–Crippen MR) is 162 cm³/mol. The van der Waals surface area contributed by atoms with Crippen molar-refractivity contribution in [3.63, 3.8) is 0 Å². The van der Waals surface area contributed by atoms with E-state index in [-0.39, 0.29) is 53.6 Å². The second-order valence-electron chi connectivity index (χ2n) is 14.1. The van der Waals surface area contributed by atoms with Crippen LogP contribution in [0.2, 0.25) is 0 Å². The van der Waals surface area contributed by atoms with E-state index in [9.17, 15) is 19.2 Å².